The quantitative estimate of drug-likeness (QED) is 0.659. The van der Waals surface area contributed by atoms with Crippen molar-refractivity contribution in [2.75, 3.05) is 0 Å². The van der Waals surface area contributed by atoms with Gasteiger partial charge in [0.2, 0.25) is 0 Å². The summed E-state index contributed by atoms with van der Waals surface area (Å²) in [4.78, 5) is 0. The van der Waals surface area contributed by atoms with Crippen LogP contribution in [0.25, 0.3) is 0 Å². The lowest BCUT2D eigenvalue weighted by Crippen LogP contribution is -2.50. The van der Waals surface area contributed by atoms with Crippen LogP contribution in [-0.4, -0.2) is 21.7 Å². The van der Waals surface area contributed by atoms with Gasteiger partial charge in [-0.25, -0.2) is 0 Å². The molecule has 0 bridgehead atoms. The van der Waals surface area contributed by atoms with E-state index in [1.54, 1.807) is 5.57 Å². The summed E-state index contributed by atoms with van der Waals surface area (Å²) < 4.78 is 0. The van der Waals surface area contributed by atoms with Crippen molar-refractivity contribution in [2.24, 2.45) is 28.6 Å². The second kappa shape index (κ2) is 5.52. The monoisotopic (exact) mass is 346 g/mol. The topological polar surface area (TPSA) is 20.2 Å². The maximum atomic E-state index is 10.1. The zero-order chi connectivity index (χ0) is 16.5. The fourth-order valence-electron chi connectivity index (χ4n) is 7.25. The molecule has 7 atom stereocenters. The Bertz CT molecular complexity index is 552. The van der Waals surface area contributed by atoms with Crippen LogP contribution in [0.4, 0.5) is 0 Å². The molecule has 1 nitrogen and oxygen atoms in total. The van der Waals surface area contributed by atoms with Crippen LogP contribution >= 0.6 is 11.8 Å². The van der Waals surface area contributed by atoms with Gasteiger partial charge in [0, 0.05) is 10.5 Å². The molecule has 4 saturated carbocycles. The van der Waals surface area contributed by atoms with Crippen molar-refractivity contribution in [3.63, 3.8) is 0 Å². The van der Waals surface area contributed by atoms with Gasteiger partial charge in [-0.05, 0) is 92.8 Å². The summed E-state index contributed by atoms with van der Waals surface area (Å²) in [5.41, 5.74) is 2.64. The molecule has 0 spiro atoms. The Morgan fingerprint density at radius 1 is 1.00 bits per heavy atom. The van der Waals surface area contributed by atoms with Crippen LogP contribution in [0, 0.1) is 28.6 Å². The van der Waals surface area contributed by atoms with Crippen molar-refractivity contribution >= 4 is 11.8 Å². The molecule has 5 aliphatic rings. The number of rotatable bonds is 2. The van der Waals surface area contributed by atoms with Gasteiger partial charge in [-0.2, -0.15) is 11.8 Å². The number of thioether (sulfide) groups is 1. The van der Waals surface area contributed by atoms with Gasteiger partial charge in [0.25, 0.3) is 0 Å². The van der Waals surface area contributed by atoms with Crippen molar-refractivity contribution < 1.29 is 5.11 Å². The van der Waals surface area contributed by atoms with Gasteiger partial charge in [0.15, 0.2) is 0 Å². The molecule has 0 saturated heterocycles. The van der Waals surface area contributed by atoms with Crippen molar-refractivity contribution in [1.29, 1.82) is 0 Å². The first-order valence-corrected chi connectivity index (χ1v) is 11.5. The van der Waals surface area contributed by atoms with E-state index in [9.17, 15) is 5.11 Å². The SMILES string of the molecule is C[C@]12CCC(O)CC1=CC[C@@H]1[C@H]2CC[C@]2(C)C(SC3CC3)CC[C@@H]12. The predicted octanol–water partition coefficient (Wildman–Crippen LogP) is 5.57. The number of hydrogen-bond acceptors (Lipinski definition) is 2. The number of allylic oxidation sites excluding steroid dienone is 1. The molecular formula is C22H34OS. The highest BCUT2D eigenvalue weighted by atomic mass is 32.2. The second-order valence-electron chi connectivity index (χ2n) is 10.1. The number of aliphatic hydroxyl groups excluding tert-OH is 1. The number of fused-ring (bicyclic) bond motifs is 5. The van der Waals surface area contributed by atoms with Crippen LogP contribution in [0.1, 0.15) is 78.1 Å². The summed E-state index contributed by atoms with van der Waals surface area (Å²) >= 11 is 2.37. The summed E-state index contributed by atoms with van der Waals surface area (Å²) in [5, 5.41) is 12.1. The number of aliphatic hydroxyl groups is 1. The third-order valence-electron chi connectivity index (χ3n) is 8.87. The Hall–Kier alpha value is 0.0500. The fourth-order valence-corrected chi connectivity index (χ4v) is 9.00. The Labute approximate surface area is 152 Å². The van der Waals surface area contributed by atoms with E-state index in [0.29, 0.717) is 10.8 Å². The smallest absolute Gasteiger partial charge is 0.0577 e. The first-order chi connectivity index (χ1) is 11.5. The highest BCUT2D eigenvalue weighted by molar-refractivity contribution is 8.00. The van der Waals surface area contributed by atoms with Crippen molar-refractivity contribution in [3.8, 4) is 0 Å². The Kier molecular flexibility index (Phi) is 3.74. The molecule has 0 aromatic rings. The molecule has 0 aliphatic heterocycles. The molecule has 2 unspecified atom stereocenters. The van der Waals surface area contributed by atoms with E-state index in [1.807, 2.05) is 0 Å². The summed E-state index contributed by atoms with van der Waals surface area (Å²) in [7, 11) is 0. The molecule has 0 heterocycles. The average molecular weight is 347 g/mol. The minimum absolute atomic E-state index is 0.0689. The van der Waals surface area contributed by atoms with Crippen LogP contribution in [0.3, 0.4) is 0 Å². The Morgan fingerprint density at radius 2 is 1.83 bits per heavy atom. The third-order valence-corrected chi connectivity index (χ3v) is 10.8. The molecule has 134 valence electrons. The zero-order valence-electron chi connectivity index (χ0n) is 15.5. The normalized spacial score (nSPS) is 53.8. The minimum atomic E-state index is -0.0689. The summed E-state index contributed by atoms with van der Waals surface area (Å²) in [5.74, 6) is 2.79. The standard InChI is InChI=1S/C22H34OS/c1-21-11-9-15(23)13-14(21)3-6-17-18-7-8-20(24-16-4-5-16)22(18,2)12-10-19(17)21/h3,15-20,23H,4-13H2,1-2H3/t15?,17-,18-,19+,20?,21-,22-/m0/s1. The second-order valence-corrected chi connectivity index (χ2v) is 11.6. The molecule has 4 fully saturated rings. The van der Waals surface area contributed by atoms with E-state index in [-0.39, 0.29) is 6.10 Å². The van der Waals surface area contributed by atoms with Gasteiger partial charge in [-0.15, -0.1) is 0 Å². The van der Waals surface area contributed by atoms with Gasteiger partial charge < -0.3 is 5.11 Å². The first kappa shape index (κ1) is 16.2. The minimum Gasteiger partial charge on any atom is -0.393 e. The molecule has 2 heteroatoms. The lowest BCUT2D eigenvalue weighted by molar-refractivity contribution is -0.0346. The van der Waals surface area contributed by atoms with Crippen molar-refractivity contribution in [1.82, 2.24) is 0 Å². The molecule has 0 amide bonds. The first-order valence-electron chi connectivity index (χ1n) is 10.5. The molecule has 5 aliphatic carbocycles. The molecule has 24 heavy (non-hydrogen) atoms. The molecular weight excluding hydrogens is 312 g/mol. The molecule has 0 radical (unpaired) electrons. The van der Waals surface area contributed by atoms with Crippen LogP contribution in [0.5, 0.6) is 0 Å². The van der Waals surface area contributed by atoms with Crippen LogP contribution in [-0.2, 0) is 0 Å². The van der Waals surface area contributed by atoms with Crippen LogP contribution < -0.4 is 0 Å². The lowest BCUT2D eigenvalue weighted by Gasteiger charge is -2.58. The lowest BCUT2D eigenvalue weighted by atomic mass is 9.48. The summed E-state index contributed by atoms with van der Waals surface area (Å²) in [6.45, 7) is 5.21. The van der Waals surface area contributed by atoms with E-state index in [4.69, 9.17) is 0 Å². The molecule has 0 aromatic carbocycles. The largest absolute Gasteiger partial charge is 0.393 e. The van der Waals surface area contributed by atoms with Gasteiger partial charge in [0.1, 0.15) is 0 Å². The Balaban J connectivity index is 1.42. The molecule has 0 aromatic heterocycles. The predicted molar refractivity (Wildman–Crippen MR) is 102 cm³/mol. The van der Waals surface area contributed by atoms with E-state index < -0.39 is 0 Å². The highest BCUT2D eigenvalue weighted by Crippen LogP contribution is 2.67. The summed E-state index contributed by atoms with van der Waals surface area (Å²) in [6, 6.07) is 0. The molecule has 5 rings (SSSR count). The van der Waals surface area contributed by atoms with Gasteiger partial charge >= 0.3 is 0 Å². The maximum absolute atomic E-state index is 10.1. The van der Waals surface area contributed by atoms with E-state index in [2.05, 4.69) is 31.7 Å². The third kappa shape index (κ3) is 2.31. The van der Waals surface area contributed by atoms with E-state index in [1.165, 1.54) is 51.4 Å². The average Bonchev–Trinajstić information content (AvgIpc) is 3.31. The summed E-state index contributed by atoms with van der Waals surface area (Å²) in [6.07, 6.45) is 15.9. The Morgan fingerprint density at radius 3 is 2.62 bits per heavy atom. The van der Waals surface area contributed by atoms with Crippen LogP contribution in [0.2, 0.25) is 0 Å². The van der Waals surface area contributed by atoms with Gasteiger partial charge in [0.05, 0.1) is 6.10 Å². The van der Waals surface area contributed by atoms with E-state index in [0.717, 1.165) is 41.1 Å². The fraction of sp³-hybridized carbons (Fsp3) is 0.909. The van der Waals surface area contributed by atoms with Gasteiger partial charge in [-0.1, -0.05) is 25.5 Å². The van der Waals surface area contributed by atoms with Crippen molar-refractivity contribution in [3.05, 3.63) is 11.6 Å². The van der Waals surface area contributed by atoms with Crippen molar-refractivity contribution in [2.45, 2.75) is 94.7 Å². The van der Waals surface area contributed by atoms with Gasteiger partial charge in [-0.3, -0.25) is 0 Å². The molecule has 1 N–H and O–H groups in total. The number of hydrogen-bond donors (Lipinski definition) is 1. The highest BCUT2D eigenvalue weighted by Gasteiger charge is 2.59. The van der Waals surface area contributed by atoms with Crippen LogP contribution in [0.15, 0.2) is 11.6 Å². The zero-order valence-corrected chi connectivity index (χ0v) is 16.3. The van der Waals surface area contributed by atoms with E-state index >= 15 is 0 Å². The maximum Gasteiger partial charge on any atom is 0.0577 e.